The first kappa shape index (κ1) is 9.54. The minimum Gasteiger partial charge on any atom is -0.288 e. The Balaban J connectivity index is 2.11. The predicted molar refractivity (Wildman–Crippen MR) is 58.2 cm³/mol. The molecule has 1 fully saturated rings. The van der Waals surface area contributed by atoms with Crippen LogP contribution in [0.5, 0.6) is 0 Å². The van der Waals surface area contributed by atoms with Gasteiger partial charge in [0, 0.05) is 6.04 Å². The first-order chi connectivity index (χ1) is 7.24. The summed E-state index contributed by atoms with van der Waals surface area (Å²) in [7, 11) is 2.16. The molecular formula is C10H12BrN3O. The first-order valence-corrected chi connectivity index (χ1v) is 5.91. The Morgan fingerprint density at radius 2 is 2.47 bits per heavy atom. The van der Waals surface area contributed by atoms with E-state index in [1.165, 1.54) is 6.42 Å². The molecule has 0 radical (unpaired) electrons. The van der Waals surface area contributed by atoms with E-state index in [0.717, 1.165) is 23.1 Å². The number of hydrogen-bond acceptors (Lipinski definition) is 4. The Hall–Kier alpha value is -0.680. The van der Waals surface area contributed by atoms with Crippen molar-refractivity contribution in [3.63, 3.8) is 0 Å². The van der Waals surface area contributed by atoms with Gasteiger partial charge in [-0.15, -0.1) is 0 Å². The quantitative estimate of drug-likeness (QED) is 0.733. The molecule has 0 aliphatic carbocycles. The SMILES string of the molecule is CN1C2C=CCC1(c1nonc1Br)CC2. The van der Waals surface area contributed by atoms with Crippen LogP contribution in [0.2, 0.25) is 0 Å². The number of rotatable bonds is 1. The molecule has 2 aliphatic rings. The van der Waals surface area contributed by atoms with Gasteiger partial charge in [0.1, 0.15) is 5.69 Å². The molecule has 2 bridgehead atoms. The topological polar surface area (TPSA) is 42.2 Å². The largest absolute Gasteiger partial charge is 0.288 e. The molecule has 0 spiro atoms. The third-order valence-electron chi connectivity index (χ3n) is 3.73. The second-order valence-electron chi connectivity index (χ2n) is 4.28. The van der Waals surface area contributed by atoms with Crippen LogP contribution >= 0.6 is 15.9 Å². The summed E-state index contributed by atoms with van der Waals surface area (Å²) >= 11 is 3.41. The second kappa shape index (κ2) is 3.15. The summed E-state index contributed by atoms with van der Waals surface area (Å²) in [5.74, 6) is 0. The molecule has 1 saturated heterocycles. The van der Waals surface area contributed by atoms with Gasteiger partial charge in [0.05, 0.1) is 5.54 Å². The third-order valence-corrected chi connectivity index (χ3v) is 4.25. The van der Waals surface area contributed by atoms with Gasteiger partial charge in [-0.1, -0.05) is 17.3 Å². The highest BCUT2D eigenvalue weighted by Gasteiger charge is 2.49. The van der Waals surface area contributed by atoms with E-state index in [2.05, 4.69) is 50.3 Å². The summed E-state index contributed by atoms with van der Waals surface area (Å²) in [5.41, 5.74) is 0.940. The fraction of sp³-hybridized carbons (Fsp3) is 0.600. The van der Waals surface area contributed by atoms with Crippen molar-refractivity contribution in [2.45, 2.75) is 30.8 Å². The van der Waals surface area contributed by atoms with Crippen molar-refractivity contribution in [3.8, 4) is 0 Å². The standard InChI is InChI=1S/C10H12BrN3O/c1-14-7-3-2-5-10(14,6-4-7)8-9(11)13-15-12-8/h2-3,7H,4-6H2,1H3. The van der Waals surface area contributed by atoms with Crippen molar-refractivity contribution in [2.75, 3.05) is 7.05 Å². The van der Waals surface area contributed by atoms with E-state index in [4.69, 9.17) is 4.63 Å². The molecule has 80 valence electrons. The fourth-order valence-electron chi connectivity index (χ4n) is 2.80. The predicted octanol–water partition coefficient (Wildman–Crippen LogP) is 2.08. The van der Waals surface area contributed by atoms with Crippen molar-refractivity contribution in [3.05, 3.63) is 22.4 Å². The number of likely N-dealkylation sites (N-methyl/N-ethyl adjacent to an activating group) is 1. The summed E-state index contributed by atoms with van der Waals surface area (Å²) in [6.07, 6.45) is 7.83. The van der Waals surface area contributed by atoms with Crippen molar-refractivity contribution in [2.24, 2.45) is 0 Å². The maximum Gasteiger partial charge on any atom is 0.175 e. The molecule has 2 unspecified atom stereocenters. The van der Waals surface area contributed by atoms with E-state index in [9.17, 15) is 0 Å². The van der Waals surface area contributed by atoms with Gasteiger partial charge in [0.15, 0.2) is 4.60 Å². The molecule has 5 heteroatoms. The molecular weight excluding hydrogens is 258 g/mol. The molecule has 4 nitrogen and oxygen atoms in total. The smallest absolute Gasteiger partial charge is 0.175 e. The first-order valence-electron chi connectivity index (χ1n) is 5.12. The highest BCUT2D eigenvalue weighted by Crippen LogP contribution is 2.47. The van der Waals surface area contributed by atoms with Gasteiger partial charge in [-0.25, -0.2) is 4.63 Å². The minimum atomic E-state index is -0.00174. The van der Waals surface area contributed by atoms with Gasteiger partial charge >= 0.3 is 0 Å². The number of hydrogen-bond donors (Lipinski definition) is 0. The summed E-state index contributed by atoms with van der Waals surface area (Å²) < 4.78 is 5.54. The minimum absolute atomic E-state index is 0.00174. The van der Waals surface area contributed by atoms with E-state index in [1.807, 2.05) is 0 Å². The molecule has 0 saturated carbocycles. The molecule has 0 N–H and O–H groups in total. The molecule has 1 aromatic heterocycles. The lowest BCUT2D eigenvalue weighted by atomic mass is 9.88. The van der Waals surface area contributed by atoms with Gasteiger partial charge in [0.2, 0.25) is 0 Å². The Bertz CT molecular complexity index is 417. The summed E-state index contributed by atoms with van der Waals surface area (Å²) in [6, 6.07) is 0.544. The molecule has 15 heavy (non-hydrogen) atoms. The van der Waals surface area contributed by atoms with Crippen LogP contribution in [0.1, 0.15) is 25.0 Å². The van der Waals surface area contributed by atoms with E-state index in [-0.39, 0.29) is 5.54 Å². The van der Waals surface area contributed by atoms with Crippen LogP contribution < -0.4 is 0 Å². The van der Waals surface area contributed by atoms with Crippen LogP contribution in [0.15, 0.2) is 21.4 Å². The molecule has 1 aromatic rings. The second-order valence-corrected chi connectivity index (χ2v) is 5.04. The highest BCUT2D eigenvalue weighted by atomic mass is 79.9. The molecule has 0 amide bonds. The van der Waals surface area contributed by atoms with Crippen LogP contribution in [0, 0.1) is 0 Å². The van der Waals surface area contributed by atoms with E-state index >= 15 is 0 Å². The Kier molecular flexibility index (Phi) is 2.01. The lowest BCUT2D eigenvalue weighted by Crippen LogP contribution is -2.44. The van der Waals surface area contributed by atoms with Crippen LogP contribution in [0.25, 0.3) is 0 Å². The molecule has 2 aliphatic heterocycles. The van der Waals surface area contributed by atoms with Crippen LogP contribution in [0.4, 0.5) is 0 Å². The fourth-order valence-corrected chi connectivity index (χ4v) is 3.31. The normalized spacial score (nSPS) is 34.9. The summed E-state index contributed by atoms with van der Waals surface area (Å²) in [6.45, 7) is 0. The number of fused-ring (bicyclic) bond motifs is 2. The number of halogens is 1. The molecule has 2 atom stereocenters. The van der Waals surface area contributed by atoms with Gasteiger partial charge in [-0.05, 0) is 47.4 Å². The highest BCUT2D eigenvalue weighted by molar-refractivity contribution is 9.10. The Morgan fingerprint density at radius 1 is 1.60 bits per heavy atom. The maximum atomic E-state index is 4.79. The lowest BCUT2D eigenvalue weighted by molar-refractivity contribution is 0.131. The summed E-state index contributed by atoms with van der Waals surface area (Å²) in [4.78, 5) is 2.39. The van der Waals surface area contributed by atoms with Gasteiger partial charge in [-0.3, -0.25) is 4.90 Å². The Labute approximate surface area is 96.4 Å². The van der Waals surface area contributed by atoms with Gasteiger partial charge in [0.25, 0.3) is 0 Å². The van der Waals surface area contributed by atoms with E-state index in [0.29, 0.717) is 6.04 Å². The number of nitrogens with zero attached hydrogens (tertiary/aromatic N) is 3. The molecule has 3 rings (SSSR count). The average molecular weight is 270 g/mol. The van der Waals surface area contributed by atoms with Crippen molar-refractivity contribution >= 4 is 15.9 Å². The van der Waals surface area contributed by atoms with Crippen LogP contribution in [-0.4, -0.2) is 28.3 Å². The Morgan fingerprint density at radius 3 is 3.20 bits per heavy atom. The monoisotopic (exact) mass is 269 g/mol. The summed E-state index contributed by atoms with van der Waals surface area (Å²) in [5, 5.41) is 7.87. The third kappa shape index (κ3) is 1.16. The maximum absolute atomic E-state index is 4.79. The zero-order valence-corrected chi connectivity index (χ0v) is 10.1. The van der Waals surface area contributed by atoms with Crippen LogP contribution in [-0.2, 0) is 5.54 Å². The average Bonchev–Trinajstić information content (AvgIpc) is 2.69. The van der Waals surface area contributed by atoms with E-state index in [1.54, 1.807) is 0 Å². The van der Waals surface area contributed by atoms with Crippen molar-refractivity contribution in [1.29, 1.82) is 0 Å². The van der Waals surface area contributed by atoms with Gasteiger partial charge in [-0.2, -0.15) is 0 Å². The lowest BCUT2D eigenvalue weighted by Gasteiger charge is -2.38. The van der Waals surface area contributed by atoms with Gasteiger partial charge < -0.3 is 0 Å². The number of aromatic nitrogens is 2. The van der Waals surface area contributed by atoms with Crippen molar-refractivity contribution < 1.29 is 4.63 Å². The van der Waals surface area contributed by atoms with Crippen LogP contribution in [0.3, 0.4) is 0 Å². The zero-order chi connectivity index (χ0) is 10.5. The van der Waals surface area contributed by atoms with Crippen molar-refractivity contribution in [1.82, 2.24) is 15.2 Å². The molecule has 3 heterocycles. The molecule has 0 aromatic carbocycles. The zero-order valence-electron chi connectivity index (χ0n) is 8.48. The van der Waals surface area contributed by atoms with E-state index < -0.39 is 0 Å².